The SMILES string of the molecule is COCCN(CCN)C1CCCC(C)C1. The smallest absolute Gasteiger partial charge is 0.0589 e. The van der Waals surface area contributed by atoms with Crippen molar-refractivity contribution in [3.63, 3.8) is 0 Å². The number of rotatable bonds is 6. The van der Waals surface area contributed by atoms with Gasteiger partial charge in [-0.15, -0.1) is 0 Å². The molecule has 0 aliphatic heterocycles. The Morgan fingerprint density at radius 3 is 2.73 bits per heavy atom. The predicted molar refractivity (Wildman–Crippen MR) is 63.9 cm³/mol. The van der Waals surface area contributed by atoms with Gasteiger partial charge in [-0.3, -0.25) is 4.90 Å². The Morgan fingerprint density at radius 1 is 1.33 bits per heavy atom. The molecule has 3 nitrogen and oxygen atoms in total. The largest absolute Gasteiger partial charge is 0.383 e. The van der Waals surface area contributed by atoms with Crippen molar-refractivity contribution in [2.75, 3.05) is 33.4 Å². The lowest BCUT2D eigenvalue weighted by molar-refractivity contribution is 0.0938. The molecule has 15 heavy (non-hydrogen) atoms. The van der Waals surface area contributed by atoms with E-state index in [1.807, 2.05) is 0 Å². The predicted octanol–water partition coefficient (Wildman–Crippen LogP) is 1.47. The molecule has 1 rings (SSSR count). The summed E-state index contributed by atoms with van der Waals surface area (Å²) in [5.74, 6) is 0.881. The number of nitrogens with two attached hydrogens (primary N) is 1. The second-order valence-electron chi connectivity index (χ2n) is 4.74. The Morgan fingerprint density at radius 2 is 2.13 bits per heavy atom. The molecule has 1 fully saturated rings. The van der Waals surface area contributed by atoms with Gasteiger partial charge in [-0.1, -0.05) is 19.8 Å². The van der Waals surface area contributed by atoms with Crippen LogP contribution in [0.15, 0.2) is 0 Å². The van der Waals surface area contributed by atoms with Crippen molar-refractivity contribution in [3.05, 3.63) is 0 Å². The maximum absolute atomic E-state index is 5.66. The normalized spacial score (nSPS) is 27.2. The maximum Gasteiger partial charge on any atom is 0.0589 e. The molecular formula is C12H26N2O. The van der Waals surface area contributed by atoms with E-state index in [9.17, 15) is 0 Å². The fraction of sp³-hybridized carbons (Fsp3) is 1.00. The lowest BCUT2D eigenvalue weighted by Gasteiger charge is -2.36. The Bertz CT molecular complexity index is 164. The van der Waals surface area contributed by atoms with Crippen molar-refractivity contribution in [3.8, 4) is 0 Å². The highest BCUT2D eigenvalue weighted by Gasteiger charge is 2.23. The molecule has 0 aromatic rings. The van der Waals surface area contributed by atoms with Crippen LogP contribution in [0.4, 0.5) is 0 Å². The van der Waals surface area contributed by atoms with Crippen molar-refractivity contribution in [2.24, 2.45) is 11.7 Å². The van der Waals surface area contributed by atoms with Gasteiger partial charge in [0.25, 0.3) is 0 Å². The van der Waals surface area contributed by atoms with Gasteiger partial charge in [0.2, 0.25) is 0 Å². The molecule has 3 heteroatoms. The topological polar surface area (TPSA) is 38.5 Å². The molecule has 0 saturated heterocycles. The molecule has 2 atom stereocenters. The quantitative estimate of drug-likeness (QED) is 0.728. The summed E-state index contributed by atoms with van der Waals surface area (Å²) in [6.07, 6.45) is 5.45. The number of hydrogen-bond acceptors (Lipinski definition) is 3. The van der Waals surface area contributed by atoms with Crippen LogP contribution in [-0.4, -0.2) is 44.3 Å². The van der Waals surface area contributed by atoms with Gasteiger partial charge < -0.3 is 10.5 Å². The van der Waals surface area contributed by atoms with E-state index in [2.05, 4.69) is 11.8 Å². The average Bonchev–Trinajstić information content (AvgIpc) is 2.24. The Kier molecular flexibility index (Phi) is 6.22. The van der Waals surface area contributed by atoms with E-state index in [4.69, 9.17) is 10.5 Å². The van der Waals surface area contributed by atoms with Gasteiger partial charge in [-0.2, -0.15) is 0 Å². The Hall–Kier alpha value is -0.120. The molecule has 2 N–H and O–H groups in total. The van der Waals surface area contributed by atoms with Crippen molar-refractivity contribution < 1.29 is 4.74 Å². The van der Waals surface area contributed by atoms with Crippen molar-refractivity contribution in [2.45, 2.75) is 38.6 Å². The highest BCUT2D eigenvalue weighted by molar-refractivity contribution is 4.79. The van der Waals surface area contributed by atoms with E-state index in [-0.39, 0.29) is 0 Å². The van der Waals surface area contributed by atoms with Gasteiger partial charge in [0.15, 0.2) is 0 Å². The summed E-state index contributed by atoms with van der Waals surface area (Å²) in [6, 6.07) is 0.743. The van der Waals surface area contributed by atoms with Crippen LogP contribution in [-0.2, 0) is 4.74 Å². The number of nitrogens with zero attached hydrogens (tertiary/aromatic N) is 1. The van der Waals surface area contributed by atoms with Crippen molar-refractivity contribution in [1.82, 2.24) is 4.90 Å². The Balaban J connectivity index is 2.38. The van der Waals surface area contributed by atoms with Crippen LogP contribution in [0, 0.1) is 5.92 Å². The van der Waals surface area contributed by atoms with Crippen LogP contribution in [0.2, 0.25) is 0 Å². The zero-order chi connectivity index (χ0) is 11.1. The summed E-state index contributed by atoms with van der Waals surface area (Å²) in [4.78, 5) is 2.51. The summed E-state index contributed by atoms with van der Waals surface area (Å²) < 4.78 is 5.15. The first kappa shape index (κ1) is 12.9. The maximum atomic E-state index is 5.66. The first-order valence-corrected chi connectivity index (χ1v) is 6.21. The van der Waals surface area contributed by atoms with Crippen molar-refractivity contribution >= 4 is 0 Å². The van der Waals surface area contributed by atoms with Crippen LogP contribution in [0.5, 0.6) is 0 Å². The lowest BCUT2D eigenvalue weighted by atomic mass is 9.86. The monoisotopic (exact) mass is 214 g/mol. The third-order valence-electron chi connectivity index (χ3n) is 3.42. The van der Waals surface area contributed by atoms with E-state index < -0.39 is 0 Å². The van der Waals surface area contributed by atoms with Gasteiger partial charge in [0.1, 0.15) is 0 Å². The van der Waals surface area contributed by atoms with Crippen LogP contribution in [0.25, 0.3) is 0 Å². The standard InChI is InChI=1S/C12H26N2O/c1-11-4-3-5-12(10-11)14(7-6-13)8-9-15-2/h11-12H,3-10,13H2,1-2H3. The van der Waals surface area contributed by atoms with E-state index >= 15 is 0 Å². The fourth-order valence-corrected chi connectivity index (χ4v) is 2.59. The average molecular weight is 214 g/mol. The van der Waals surface area contributed by atoms with Crippen LogP contribution in [0.3, 0.4) is 0 Å². The molecule has 0 amide bonds. The van der Waals surface area contributed by atoms with E-state index in [1.165, 1.54) is 25.7 Å². The second-order valence-corrected chi connectivity index (χ2v) is 4.74. The minimum Gasteiger partial charge on any atom is -0.383 e. The summed E-state index contributed by atoms with van der Waals surface area (Å²) in [7, 11) is 1.77. The molecule has 90 valence electrons. The fourth-order valence-electron chi connectivity index (χ4n) is 2.59. The third-order valence-corrected chi connectivity index (χ3v) is 3.42. The molecule has 1 saturated carbocycles. The zero-order valence-electron chi connectivity index (χ0n) is 10.2. The van der Waals surface area contributed by atoms with E-state index in [0.29, 0.717) is 0 Å². The first-order chi connectivity index (χ1) is 7.27. The summed E-state index contributed by atoms with van der Waals surface area (Å²) in [5.41, 5.74) is 5.66. The first-order valence-electron chi connectivity index (χ1n) is 6.21. The van der Waals surface area contributed by atoms with Gasteiger partial charge >= 0.3 is 0 Å². The van der Waals surface area contributed by atoms with Gasteiger partial charge in [-0.25, -0.2) is 0 Å². The molecule has 1 aliphatic rings. The molecule has 0 aromatic carbocycles. The highest BCUT2D eigenvalue weighted by Crippen LogP contribution is 2.26. The molecule has 0 aromatic heterocycles. The summed E-state index contributed by atoms with van der Waals surface area (Å²) in [6.45, 7) is 5.99. The lowest BCUT2D eigenvalue weighted by Crippen LogP contribution is -2.43. The minimum atomic E-state index is 0.743. The molecule has 0 heterocycles. The summed E-state index contributed by atoms with van der Waals surface area (Å²) in [5, 5.41) is 0. The van der Waals surface area contributed by atoms with Crippen LogP contribution < -0.4 is 5.73 Å². The van der Waals surface area contributed by atoms with Gasteiger partial charge in [-0.05, 0) is 18.8 Å². The number of ether oxygens (including phenoxy) is 1. The van der Waals surface area contributed by atoms with Crippen molar-refractivity contribution in [1.29, 1.82) is 0 Å². The second kappa shape index (κ2) is 7.20. The third kappa shape index (κ3) is 4.49. The number of methoxy groups -OCH3 is 1. The molecule has 0 radical (unpaired) electrons. The molecule has 0 bridgehead atoms. The number of hydrogen-bond donors (Lipinski definition) is 1. The van der Waals surface area contributed by atoms with E-state index in [1.54, 1.807) is 7.11 Å². The minimum absolute atomic E-state index is 0.743. The summed E-state index contributed by atoms with van der Waals surface area (Å²) >= 11 is 0. The Labute approximate surface area is 94.0 Å². The van der Waals surface area contributed by atoms with Gasteiger partial charge in [0.05, 0.1) is 6.61 Å². The zero-order valence-corrected chi connectivity index (χ0v) is 10.2. The van der Waals surface area contributed by atoms with Gasteiger partial charge in [0, 0.05) is 32.8 Å². The van der Waals surface area contributed by atoms with Crippen LogP contribution >= 0.6 is 0 Å². The molecule has 2 unspecified atom stereocenters. The molecule has 0 spiro atoms. The highest BCUT2D eigenvalue weighted by atomic mass is 16.5. The van der Waals surface area contributed by atoms with E-state index in [0.717, 1.165) is 38.2 Å². The molecular weight excluding hydrogens is 188 g/mol. The van der Waals surface area contributed by atoms with Crippen LogP contribution in [0.1, 0.15) is 32.6 Å². The molecule has 1 aliphatic carbocycles.